The van der Waals surface area contributed by atoms with Crippen molar-refractivity contribution in [3.8, 4) is 0 Å². The average molecular weight is 454 g/mol. The Balaban J connectivity index is 1.51. The molecule has 0 radical (unpaired) electrons. The van der Waals surface area contributed by atoms with E-state index >= 15 is 0 Å². The van der Waals surface area contributed by atoms with Gasteiger partial charge in [-0.25, -0.2) is 0 Å². The third-order valence-electron chi connectivity index (χ3n) is 5.58. The molecule has 1 saturated heterocycles. The van der Waals surface area contributed by atoms with E-state index < -0.39 is 0 Å². The molecule has 1 N–H and O–H groups in total. The molecule has 1 aliphatic heterocycles. The summed E-state index contributed by atoms with van der Waals surface area (Å²) in [4.78, 5) is 30.4. The van der Waals surface area contributed by atoms with Crippen LogP contribution in [0.25, 0.3) is 0 Å². The lowest BCUT2D eigenvalue weighted by Gasteiger charge is -2.33. The highest BCUT2D eigenvalue weighted by atomic mass is 32.1. The highest BCUT2D eigenvalue weighted by Crippen LogP contribution is 2.25. The second-order valence-corrected chi connectivity index (χ2v) is 8.63. The number of hydrogen-bond donors (Lipinski definition) is 1. The van der Waals surface area contributed by atoms with Crippen molar-refractivity contribution in [3.63, 3.8) is 0 Å². The number of nitrogens with one attached hydrogen (secondary N) is 1. The molecule has 1 aliphatic rings. The van der Waals surface area contributed by atoms with E-state index in [0.717, 1.165) is 24.6 Å². The van der Waals surface area contributed by atoms with Crippen LogP contribution in [0.4, 0.5) is 5.69 Å². The van der Waals surface area contributed by atoms with Gasteiger partial charge in [0.25, 0.3) is 11.8 Å². The number of rotatable bonds is 7. The minimum atomic E-state index is -0.229. The van der Waals surface area contributed by atoms with Gasteiger partial charge in [0, 0.05) is 26.7 Å². The van der Waals surface area contributed by atoms with Crippen molar-refractivity contribution in [2.75, 3.05) is 44.8 Å². The molecule has 7 nitrogen and oxygen atoms in total. The van der Waals surface area contributed by atoms with Crippen LogP contribution in [0.3, 0.4) is 0 Å². The number of carbonyl (C=O) groups excluding carboxylic acids is 2. The molecule has 4 rings (SSSR count). The van der Waals surface area contributed by atoms with E-state index in [1.807, 2.05) is 36.6 Å². The Morgan fingerprint density at radius 3 is 2.59 bits per heavy atom. The number of morpholine rings is 1. The van der Waals surface area contributed by atoms with Crippen molar-refractivity contribution in [3.05, 3.63) is 75.9 Å². The Hall–Kier alpha value is -2.94. The van der Waals surface area contributed by atoms with E-state index in [1.54, 1.807) is 31.3 Å². The van der Waals surface area contributed by atoms with Crippen molar-refractivity contribution >= 4 is 28.8 Å². The van der Waals surface area contributed by atoms with Crippen molar-refractivity contribution < 1.29 is 18.7 Å². The summed E-state index contributed by atoms with van der Waals surface area (Å²) in [6.07, 6.45) is 0. The number of ether oxygens (including phenoxy) is 1. The van der Waals surface area contributed by atoms with Gasteiger partial charge in [-0.1, -0.05) is 18.2 Å². The SMILES string of the molecule is Cc1ccc(C(CNC(=O)c2ccccc2N(C)C(=O)c2cccs2)N2CCOCC2)o1. The smallest absolute Gasteiger partial charge is 0.268 e. The number of furan rings is 1. The Labute approximate surface area is 191 Å². The Morgan fingerprint density at radius 2 is 1.91 bits per heavy atom. The third kappa shape index (κ3) is 4.93. The minimum absolute atomic E-state index is 0.0887. The molecule has 0 saturated carbocycles. The lowest BCUT2D eigenvalue weighted by atomic mass is 10.1. The quantitative estimate of drug-likeness (QED) is 0.590. The standard InChI is InChI=1S/C24H27N3O4S/c1-17-9-10-21(31-17)20(27-11-13-30-14-12-27)16-25-23(28)18-6-3-4-7-19(18)26(2)24(29)22-8-5-15-32-22/h3-10,15,20H,11-14,16H2,1-2H3,(H,25,28). The van der Waals surface area contributed by atoms with Gasteiger partial charge < -0.3 is 19.4 Å². The molecule has 0 spiro atoms. The van der Waals surface area contributed by atoms with Gasteiger partial charge in [0.1, 0.15) is 11.5 Å². The number of para-hydroxylation sites is 1. The fraction of sp³-hybridized carbons (Fsp3) is 0.333. The molecule has 0 bridgehead atoms. The molecule has 1 unspecified atom stereocenters. The maximum Gasteiger partial charge on any atom is 0.268 e. The number of anilines is 1. The maximum atomic E-state index is 13.2. The van der Waals surface area contributed by atoms with Gasteiger partial charge in [-0.3, -0.25) is 14.5 Å². The van der Waals surface area contributed by atoms with E-state index in [-0.39, 0.29) is 17.9 Å². The second-order valence-electron chi connectivity index (χ2n) is 7.68. The molecule has 3 aromatic rings. The van der Waals surface area contributed by atoms with Gasteiger partial charge in [0.05, 0.1) is 35.4 Å². The molecule has 0 aliphatic carbocycles. The summed E-state index contributed by atoms with van der Waals surface area (Å²) >= 11 is 1.38. The zero-order valence-electron chi connectivity index (χ0n) is 18.2. The number of carbonyl (C=O) groups is 2. The predicted octanol–water partition coefficient (Wildman–Crippen LogP) is 3.73. The summed E-state index contributed by atoms with van der Waals surface area (Å²) in [7, 11) is 1.69. The summed E-state index contributed by atoms with van der Waals surface area (Å²) in [6, 6.07) is 14.6. The van der Waals surface area contributed by atoms with Crippen LogP contribution in [0.1, 0.15) is 37.6 Å². The van der Waals surface area contributed by atoms with Crippen LogP contribution in [0.2, 0.25) is 0 Å². The molecule has 2 aromatic heterocycles. The number of nitrogens with zero attached hydrogens (tertiary/aromatic N) is 2. The zero-order valence-corrected chi connectivity index (χ0v) is 19.1. The average Bonchev–Trinajstić information content (AvgIpc) is 3.51. The number of aryl methyl sites for hydroxylation is 1. The summed E-state index contributed by atoms with van der Waals surface area (Å²) < 4.78 is 11.4. The highest BCUT2D eigenvalue weighted by molar-refractivity contribution is 7.12. The van der Waals surface area contributed by atoms with Crippen molar-refractivity contribution in [2.24, 2.45) is 0 Å². The summed E-state index contributed by atoms with van der Waals surface area (Å²) in [5.74, 6) is 1.29. The van der Waals surface area contributed by atoms with Gasteiger partial charge in [0.15, 0.2) is 0 Å². The molecule has 8 heteroatoms. The van der Waals surface area contributed by atoms with Crippen molar-refractivity contribution in [1.82, 2.24) is 10.2 Å². The number of benzene rings is 1. The lowest BCUT2D eigenvalue weighted by Crippen LogP contribution is -2.43. The van der Waals surface area contributed by atoms with Crippen LogP contribution in [0, 0.1) is 6.92 Å². The molecule has 2 amide bonds. The summed E-state index contributed by atoms with van der Waals surface area (Å²) in [5.41, 5.74) is 1.02. The molecule has 3 heterocycles. The van der Waals surface area contributed by atoms with E-state index in [4.69, 9.17) is 9.15 Å². The fourth-order valence-corrected chi connectivity index (χ4v) is 4.55. The van der Waals surface area contributed by atoms with Crippen molar-refractivity contribution in [1.29, 1.82) is 0 Å². The van der Waals surface area contributed by atoms with Gasteiger partial charge in [-0.05, 0) is 42.6 Å². The molecular formula is C24H27N3O4S. The van der Waals surface area contributed by atoms with Crippen LogP contribution < -0.4 is 10.2 Å². The molecule has 32 heavy (non-hydrogen) atoms. The first-order chi connectivity index (χ1) is 15.5. The first-order valence-electron chi connectivity index (χ1n) is 10.6. The Kier molecular flexibility index (Phi) is 7.04. The van der Waals surface area contributed by atoms with Crippen molar-refractivity contribution in [2.45, 2.75) is 13.0 Å². The summed E-state index contributed by atoms with van der Waals surface area (Å²) in [6.45, 7) is 5.16. The molecule has 168 valence electrons. The summed E-state index contributed by atoms with van der Waals surface area (Å²) in [5, 5.41) is 4.92. The highest BCUT2D eigenvalue weighted by Gasteiger charge is 2.27. The monoisotopic (exact) mass is 453 g/mol. The maximum absolute atomic E-state index is 13.2. The first kappa shape index (κ1) is 22.3. The normalized spacial score (nSPS) is 15.3. The van der Waals surface area contributed by atoms with Gasteiger partial charge in [0.2, 0.25) is 0 Å². The second kappa shape index (κ2) is 10.1. The van der Waals surface area contributed by atoms with Crippen LogP contribution in [-0.4, -0.2) is 56.6 Å². The molecular weight excluding hydrogens is 426 g/mol. The zero-order chi connectivity index (χ0) is 22.5. The number of thiophene rings is 1. The molecule has 1 aromatic carbocycles. The topological polar surface area (TPSA) is 75.0 Å². The molecule has 1 atom stereocenters. The van der Waals surface area contributed by atoms with E-state index in [0.29, 0.717) is 35.9 Å². The minimum Gasteiger partial charge on any atom is -0.465 e. The largest absolute Gasteiger partial charge is 0.465 e. The van der Waals surface area contributed by atoms with E-state index in [9.17, 15) is 9.59 Å². The number of hydrogen-bond acceptors (Lipinski definition) is 6. The van der Waals surface area contributed by atoms with Gasteiger partial charge in [-0.15, -0.1) is 11.3 Å². The fourth-order valence-electron chi connectivity index (χ4n) is 3.85. The van der Waals surface area contributed by atoms with Crippen LogP contribution >= 0.6 is 11.3 Å². The third-order valence-corrected chi connectivity index (χ3v) is 6.44. The predicted molar refractivity (Wildman–Crippen MR) is 124 cm³/mol. The Morgan fingerprint density at radius 1 is 1.12 bits per heavy atom. The number of amides is 2. The van der Waals surface area contributed by atoms with Crippen LogP contribution in [0.5, 0.6) is 0 Å². The van der Waals surface area contributed by atoms with E-state index in [2.05, 4.69) is 10.2 Å². The van der Waals surface area contributed by atoms with E-state index in [1.165, 1.54) is 16.2 Å². The van der Waals surface area contributed by atoms with Gasteiger partial charge in [-0.2, -0.15) is 0 Å². The van der Waals surface area contributed by atoms with Crippen LogP contribution in [0.15, 0.2) is 58.3 Å². The Bertz CT molecular complexity index is 1060. The lowest BCUT2D eigenvalue weighted by molar-refractivity contribution is 0.0117. The van der Waals surface area contributed by atoms with Crippen LogP contribution in [-0.2, 0) is 4.74 Å². The first-order valence-corrected chi connectivity index (χ1v) is 11.5. The van der Waals surface area contributed by atoms with Gasteiger partial charge >= 0.3 is 0 Å². The molecule has 1 fully saturated rings.